The van der Waals surface area contributed by atoms with Crippen molar-refractivity contribution in [1.29, 1.82) is 0 Å². The molecule has 3 nitrogen and oxygen atoms in total. The van der Waals surface area contributed by atoms with Crippen LogP contribution in [-0.4, -0.2) is 37.2 Å². The molecule has 1 saturated carbocycles. The first kappa shape index (κ1) is 15.3. The van der Waals surface area contributed by atoms with Gasteiger partial charge in [0.25, 0.3) is 0 Å². The minimum absolute atomic E-state index is 0.187. The lowest BCUT2D eigenvalue weighted by Crippen LogP contribution is -2.54. The Morgan fingerprint density at radius 2 is 1.90 bits per heavy atom. The second-order valence-corrected chi connectivity index (χ2v) is 6.19. The van der Waals surface area contributed by atoms with Gasteiger partial charge in [0, 0.05) is 18.6 Å². The highest BCUT2D eigenvalue weighted by Gasteiger charge is 2.36. The molecule has 0 spiro atoms. The van der Waals surface area contributed by atoms with Gasteiger partial charge in [0.05, 0.1) is 0 Å². The van der Waals surface area contributed by atoms with Gasteiger partial charge in [-0.05, 0) is 50.8 Å². The van der Waals surface area contributed by atoms with Crippen LogP contribution in [0.4, 0.5) is 0 Å². The summed E-state index contributed by atoms with van der Waals surface area (Å²) in [6.45, 7) is 4.75. The second-order valence-electron chi connectivity index (χ2n) is 6.19. The van der Waals surface area contributed by atoms with Crippen LogP contribution in [0.2, 0.25) is 0 Å². The summed E-state index contributed by atoms with van der Waals surface area (Å²) >= 11 is 0. The molecule has 2 rings (SSSR count). The van der Waals surface area contributed by atoms with Gasteiger partial charge in [-0.1, -0.05) is 25.1 Å². The van der Waals surface area contributed by atoms with Gasteiger partial charge in [-0.25, -0.2) is 0 Å². The van der Waals surface area contributed by atoms with Gasteiger partial charge in [0.1, 0.15) is 12.4 Å². The third-order valence-electron chi connectivity index (χ3n) is 4.83. The average molecular weight is 276 g/mol. The molecular formula is C17H28N2O. The van der Waals surface area contributed by atoms with Crippen molar-refractivity contribution < 1.29 is 4.74 Å². The highest BCUT2D eigenvalue weighted by molar-refractivity contribution is 5.20. The van der Waals surface area contributed by atoms with E-state index < -0.39 is 0 Å². The lowest BCUT2D eigenvalue weighted by atomic mass is 9.76. The van der Waals surface area contributed by atoms with E-state index in [0.29, 0.717) is 0 Å². The van der Waals surface area contributed by atoms with Crippen LogP contribution in [0.3, 0.4) is 0 Å². The lowest BCUT2D eigenvalue weighted by molar-refractivity contribution is 0.0565. The maximum absolute atomic E-state index is 6.08. The SMILES string of the molecule is CC1CCC(CN)(N(C)CCOc2ccccc2)CC1. The fourth-order valence-corrected chi connectivity index (χ4v) is 3.10. The number of benzene rings is 1. The van der Waals surface area contributed by atoms with Crippen molar-refractivity contribution in [1.82, 2.24) is 4.90 Å². The molecule has 20 heavy (non-hydrogen) atoms. The smallest absolute Gasteiger partial charge is 0.119 e. The predicted octanol–water partition coefficient (Wildman–Crippen LogP) is 2.90. The van der Waals surface area contributed by atoms with Gasteiger partial charge in [-0.2, -0.15) is 0 Å². The molecule has 0 heterocycles. The van der Waals surface area contributed by atoms with E-state index in [1.807, 2.05) is 30.3 Å². The Morgan fingerprint density at radius 3 is 2.50 bits per heavy atom. The number of hydrogen-bond donors (Lipinski definition) is 1. The van der Waals surface area contributed by atoms with Crippen molar-refractivity contribution in [2.45, 2.75) is 38.1 Å². The molecule has 3 heteroatoms. The lowest BCUT2D eigenvalue weighted by Gasteiger charge is -2.45. The van der Waals surface area contributed by atoms with Crippen molar-refractivity contribution in [3.63, 3.8) is 0 Å². The molecule has 0 saturated heterocycles. The fourth-order valence-electron chi connectivity index (χ4n) is 3.10. The minimum atomic E-state index is 0.187. The Balaban J connectivity index is 1.82. The second kappa shape index (κ2) is 7.09. The van der Waals surface area contributed by atoms with Crippen molar-refractivity contribution in [3.8, 4) is 5.75 Å². The van der Waals surface area contributed by atoms with Crippen LogP contribution < -0.4 is 10.5 Å². The Labute approximate surface area is 123 Å². The van der Waals surface area contributed by atoms with Crippen LogP contribution >= 0.6 is 0 Å². The molecular weight excluding hydrogens is 248 g/mol. The quantitative estimate of drug-likeness (QED) is 0.868. The maximum atomic E-state index is 6.08. The van der Waals surface area contributed by atoms with E-state index in [9.17, 15) is 0 Å². The summed E-state index contributed by atoms with van der Waals surface area (Å²) in [5, 5.41) is 0. The molecule has 0 bridgehead atoms. The molecule has 112 valence electrons. The molecule has 0 aromatic heterocycles. The Morgan fingerprint density at radius 1 is 1.25 bits per heavy atom. The number of ether oxygens (including phenoxy) is 1. The van der Waals surface area contributed by atoms with Crippen molar-refractivity contribution in [2.24, 2.45) is 11.7 Å². The number of rotatable bonds is 6. The zero-order valence-electron chi connectivity index (χ0n) is 12.8. The van der Waals surface area contributed by atoms with E-state index in [1.54, 1.807) is 0 Å². The fraction of sp³-hybridized carbons (Fsp3) is 0.647. The monoisotopic (exact) mass is 276 g/mol. The van der Waals surface area contributed by atoms with Crippen LogP contribution in [0.5, 0.6) is 5.75 Å². The molecule has 2 N–H and O–H groups in total. The van der Waals surface area contributed by atoms with Gasteiger partial charge in [0.15, 0.2) is 0 Å². The van der Waals surface area contributed by atoms with Crippen LogP contribution in [0.1, 0.15) is 32.6 Å². The van der Waals surface area contributed by atoms with Crippen LogP contribution in [0.15, 0.2) is 30.3 Å². The van der Waals surface area contributed by atoms with Crippen LogP contribution in [-0.2, 0) is 0 Å². The molecule has 1 aromatic carbocycles. The van der Waals surface area contributed by atoms with E-state index in [0.717, 1.165) is 31.4 Å². The Bertz CT molecular complexity index is 385. The van der Waals surface area contributed by atoms with Crippen LogP contribution in [0, 0.1) is 5.92 Å². The van der Waals surface area contributed by atoms with E-state index >= 15 is 0 Å². The zero-order valence-corrected chi connectivity index (χ0v) is 12.8. The molecule has 0 radical (unpaired) electrons. The maximum Gasteiger partial charge on any atom is 0.119 e. The number of likely N-dealkylation sites (N-methyl/N-ethyl adjacent to an activating group) is 1. The highest BCUT2D eigenvalue weighted by Crippen LogP contribution is 2.34. The zero-order chi connectivity index (χ0) is 14.4. The molecule has 0 aliphatic heterocycles. The van der Waals surface area contributed by atoms with E-state index in [1.165, 1.54) is 25.7 Å². The topological polar surface area (TPSA) is 38.5 Å². The summed E-state index contributed by atoms with van der Waals surface area (Å²) in [7, 11) is 2.19. The molecule has 1 aromatic rings. The number of para-hydroxylation sites is 1. The van der Waals surface area contributed by atoms with Crippen molar-refractivity contribution >= 4 is 0 Å². The first-order valence-corrected chi connectivity index (χ1v) is 7.75. The van der Waals surface area contributed by atoms with E-state index in [2.05, 4.69) is 18.9 Å². The summed E-state index contributed by atoms with van der Waals surface area (Å²) in [5.74, 6) is 1.80. The van der Waals surface area contributed by atoms with Crippen LogP contribution in [0.25, 0.3) is 0 Å². The summed E-state index contributed by atoms with van der Waals surface area (Å²) in [5.41, 5.74) is 6.27. The normalized spacial score (nSPS) is 26.7. The molecule has 0 unspecified atom stereocenters. The minimum Gasteiger partial charge on any atom is -0.492 e. The summed E-state index contributed by atoms with van der Waals surface area (Å²) in [6.07, 6.45) is 5.02. The van der Waals surface area contributed by atoms with E-state index in [-0.39, 0.29) is 5.54 Å². The third kappa shape index (κ3) is 3.74. The molecule has 1 fully saturated rings. The number of nitrogens with zero attached hydrogens (tertiary/aromatic N) is 1. The molecule has 1 aliphatic carbocycles. The average Bonchev–Trinajstić information content (AvgIpc) is 2.49. The van der Waals surface area contributed by atoms with Gasteiger partial charge in [-0.15, -0.1) is 0 Å². The predicted molar refractivity (Wildman–Crippen MR) is 84.0 cm³/mol. The first-order chi connectivity index (χ1) is 9.66. The molecule has 0 amide bonds. The number of nitrogens with two attached hydrogens (primary N) is 1. The van der Waals surface area contributed by atoms with Gasteiger partial charge in [-0.3, -0.25) is 4.90 Å². The van der Waals surface area contributed by atoms with Crippen molar-refractivity contribution in [2.75, 3.05) is 26.7 Å². The Kier molecular flexibility index (Phi) is 5.44. The summed E-state index contributed by atoms with van der Waals surface area (Å²) < 4.78 is 5.80. The molecule has 1 aliphatic rings. The van der Waals surface area contributed by atoms with E-state index in [4.69, 9.17) is 10.5 Å². The first-order valence-electron chi connectivity index (χ1n) is 7.75. The summed E-state index contributed by atoms with van der Waals surface area (Å²) in [6, 6.07) is 10.0. The summed E-state index contributed by atoms with van der Waals surface area (Å²) in [4.78, 5) is 2.42. The third-order valence-corrected chi connectivity index (χ3v) is 4.83. The van der Waals surface area contributed by atoms with Crippen molar-refractivity contribution in [3.05, 3.63) is 30.3 Å². The Hall–Kier alpha value is -1.06. The standard InChI is InChI=1S/C17H28N2O/c1-15-8-10-17(14-18,11-9-15)19(2)12-13-20-16-6-4-3-5-7-16/h3-7,15H,8-14,18H2,1-2H3. The van der Waals surface area contributed by atoms with Gasteiger partial charge in [0.2, 0.25) is 0 Å². The highest BCUT2D eigenvalue weighted by atomic mass is 16.5. The largest absolute Gasteiger partial charge is 0.492 e. The van der Waals surface area contributed by atoms with Gasteiger partial charge < -0.3 is 10.5 Å². The molecule has 0 atom stereocenters. The van der Waals surface area contributed by atoms with Gasteiger partial charge >= 0.3 is 0 Å². The number of hydrogen-bond acceptors (Lipinski definition) is 3.